The second kappa shape index (κ2) is 10.5. The molecular formula is C45H34S. The van der Waals surface area contributed by atoms with Gasteiger partial charge in [-0.05, 0) is 117 Å². The van der Waals surface area contributed by atoms with Crippen molar-refractivity contribution in [1.82, 2.24) is 0 Å². The quantitative estimate of drug-likeness (QED) is 0.176. The topological polar surface area (TPSA) is 0 Å². The van der Waals surface area contributed by atoms with Crippen LogP contribution in [0.15, 0.2) is 143 Å². The third-order valence-electron chi connectivity index (χ3n) is 10.8. The number of hydrogen-bond acceptors (Lipinski definition) is 1. The predicted molar refractivity (Wildman–Crippen MR) is 195 cm³/mol. The van der Waals surface area contributed by atoms with E-state index in [0.29, 0.717) is 5.92 Å². The number of aryl methyl sites for hydroxylation is 1. The van der Waals surface area contributed by atoms with Gasteiger partial charge < -0.3 is 0 Å². The average Bonchev–Trinajstić information content (AvgIpc) is 3.85. The van der Waals surface area contributed by atoms with E-state index in [1.165, 1.54) is 75.8 Å². The van der Waals surface area contributed by atoms with Gasteiger partial charge in [0.25, 0.3) is 0 Å². The van der Waals surface area contributed by atoms with Crippen LogP contribution in [0.1, 0.15) is 76.5 Å². The van der Waals surface area contributed by atoms with Crippen molar-refractivity contribution in [2.75, 3.05) is 0 Å². The Balaban J connectivity index is 1.18. The number of fused-ring (bicyclic) bond motifs is 11. The Hall–Kier alpha value is -4.59. The van der Waals surface area contributed by atoms with Crippen LogP contribution in [0, 0.1) is 0 Å². The van der Waals surface area contributed by atoms with Crippen molar-refractivity contribution in [2.24, 2.45) is 0 Å². The molecule has 10 rings (SSSR count). The molecular weight excluding hydrogens is 573 g/mol. The summed E-state index contributed by atoms with van der Waals surface area (Å²) in [4.78, 5) is 2.96. The zero-order valence-corrected chi connectivity index (χ0v) is 26.6. The molecule has 2 atom stereocenters. The first-order chi connectivity index (χ1) is 22.8. The summed E-state index contributed by atoms with van der Waals surface area (Å²) in [5.41, 5.74) is 14.6. The first-order valence-corrected chi connectivity index (χ1v) is 17.7. The fraction of sp³-hybridized carbons (Fsp3) is 0.156. The van der Waals surface area contributed by atoms with Gasteiger partial charge in [0.2, 0.25) is 0 Å². The normalized spacial score (nSPS) is 17.7. The standard InChI is InChI=1S/C45H34S/c1-3-11-28(12-4-1)25-37(29-13-5-2-6-14-29)30-19-21-31(22-20-30)41-38-26-32-15-7-8-16-33(32)27-39(38)42-35-18-10-9-17-34(35)36-23-24-40-45(46-40)43(36)44(41)42/h1-3,5-8,10-11,13-16,18-24,26-27,37,41H,4,9,12,17,25H2. The van der Waals surface area contributed by atoms with E-state index in [-0.39, 0.29) is 5.92 Å². The van der Waals surface area contributed by atoms with Gasteiger partial charge >= 0.3 is 0 Å². The van der Waals surface area contributed by atoms with E-state index in [2.05, 4.69) is 134 Å². The predicted octanol–water partition coefficient (Wildman–Crippen LogP) is 12.4. The van der Waals surface area contributed by atoms with Gasteiger partial charge in [0.15, 0.2) is 0 Å². The van der Waals surface area contributed by atoms with E-state index in [4.69, 9.17) is 0 Å². The number of allylic oxidation sites excluding steroid dienone is 5. The number of rotatable bonds is 5. The highest BCUT2D eigenvalue weighted by Gasteiger charge is 2.38. The van der Waals surface area contributed by atoms with Crippen LogP contribution in [0.25, 0.3) is 38.7 Å². The van der Waals surface area contributed by atoms with E-state index in [9.17, 15) is 0 Å². The maximum Gasteiger partial charge on any atom is 0.0359 e. The van der Waals surface area contributed by atoms with Crippen LogP contribution in [-0.4, -0.2) is 0 Å². The minimum Gasteiger partial charge on any atom is -0.0870 e. The highest BCUT2D eigenvalue weighted by Crippen LogP contribution is 2.61. The van der Waals surface area contributed by atoms with Crippen molar-refractivity contribution in [1.29, 1.82) is 0 Å². The monoisotopic (exact) mass is 606 g/mol. The molecule has 2 unspecified atom stereocenters. The van der Waals surface area contributed by atoms with Crippen molar-refractivity contribution in [2.45, 2.75) is 53.7 Å². The Bertz CT molecular complexity index is 2300. The molecule has 0 radical (unpaired) electrons. The van der Waals surface area contributed by atoms with E-state index in [1.807, 2.05) is 11.8 Å². The minimum absolute atomic E-state index is 0.209. The summed E-state index contributed by atoms with van der Waals surface area (Å²) in [6.07, 6.45) is 17.3. The summed E-state index contributed by atoms with van der Waals surface area (Å²) in [7, 11) is 0. The summed E-state index contributed by atoms with van der Waals surface area (Å²) in [5, 5.41) is 5.64. The Morgan fingerprint density at radius 2 is 1.52 bits per heavy atom. The van der Waals surface area contributed by atoms with Crippen molar-refractivity contribution in [3.05, 3.63) is 172 Å². The lowest BCUT2D eigenvalue weighted by Crippen LogP contribution is -2.06. The SMILES string of the molecule is C1=CCCC(CC(c2ccccc2)c2ccc(C3c4cc5ccccc5cc4-c4c5c(c6ccc7c(c6c43)S7)CCC=C5)cc2)=C1. The van der Waals surface area contributed by atoms with Crippen LogP contribution in [0.4, 0.5) is 0 Å². The second-order valence-corrected chi connectivity index (χ2v) is 14.4. The lowest BCUT2D eigenvalue weighted by Gasteiger charge is -2.23. The van der Waals surface area contributed by atoms with Gasteiger partial charge in [-0.2, -0.15) is 0 Å². The van der Waals surface area contributed by atoms with Crippen LogP contribution in [0.5, 0.6) is 0 Å². The summed E-state index contributed by atoms with van der Waals surface area (Å²) < 4.78 is 0. The van der Waals surface area contributed by atoms with Gasteiger partial charge in [-0.15, -0.1) is 0 Å². The molecule has 6 aromatic rings. The molecule has 46 heavy (non-hydrogen) atoms. The van der Waals surface area contributed by atoms with E-state index in [0.717, 1.165) is 32.1 Å². The van der Waals surface area contributed by atoms with Crippen LogP contribution >= 0.6 is 11.8 Å². The fourth-order valence-corrected chi connectivity index (χ4v) is 9.41. The van der Waals surface area contributed by atoms with Gasteiger partial charge in [0, 0.05) is 27.0 Å². The highest BCUT2D eigenvalue weighted by atomic mass is 32.2. The van der Waals surface area contributed by atoms with E-state index < -0.39 is 0 Å². The minimum atomic E-state index is 0.209. The van der Waals surface area contributed by atoms with E-state index >= 15 is 0 Å². The molecule has 0 nitrogen and oxygen atoms in total. The molecule has 3 aliphatic carbocycles. The van der Waals surface area contributed by atoms with Crippen LogP contribution in [0.3, 0.4) is 0 Å². The molecule has 0 saturated heterocycles. The Morgan fingerprint density at radius 3 is 2.35 bits per heavy atom. The van der Waals surface area contributed by atoms with Gasteiger partial charge in [0.1, 0.15) is 0 Å². The lowest BCUT2D eigenvalue weighted by atomic mass is 9.80. The molecule has 4 aliphatic rings. The molecule has 0 amide bonds. The second-order valence-electron chi connectivity index (χ2n) is 13.4. The van der Waals surface area contributed by atoms with Gasteiger partial charge in [-0.3, -0.25) is 0 Å². The van der Waals surface area contributed by atoms with Crippen molar-refractivity contribution >= 4 is 39.4 Å². The Kier molecular flexibility index (Phi) is 6.06. The van der Waals surface area contributed by atoms with Gasteiger partial charge in [0.05, 0.1) is 0 Å². The highest BCUT2D eigenvalue weighted by molar-refractivity contribution is 8.05. The molecule has 0 spiro atoms. The Morgan fingerprint density at radius 1 is 0.739 bits per heavy atom. The van der Waals surface area contributed by atoms with Crippen molar-refractivity contribution in [3.63, 3.8) is 0 Å². The molecule has 220 valence electrons. The molecule has 0 saturated carbocycles. The summed E-state index contributed by atoms with van der Waals surface area (Å²) in [6.45, 7) is 0. The van der Waals surface area contributed by atoms with Crippen LogP contribution < -0.4 is 0 Å². The summed E-state index contributed by atoms with van der Waals surface area (Å²) >= 11 is 1.98. The zero-order chi connectivity index (χ0) is 30.2. The third kappa shape index (κ3) is 4.15. The number of benzene rings is 6. The average molecular weight is 607 g/mol. The maximum absolute atomic E-state index is 2.50. The molecule has 1 heteroatoms. The van der Waals surface area contributed by atoms with E-state index in [1.54, 1.807) is 11.1 Å². The fourth-order valence-electron chi connectivity index (χ4n) is 8.61. The number of hydrogen-bond donors (Lipinski definition) is 0. The lowest BCUT2D eigenvalue weighted by molar-refractivity contribution is 0.751. The third-order valence-corrected chi connectivity index (χ3v) is 11.8. The van der Waals surface area contributed by atoms with Gasteiger partial charge in [-0.1, -0.05) is 133 Å². The van der Waals surface area contributed by atoms with Crippen LogP contribution in [0.2, 0.25) is 0 Å². The summed E-state index contributed by atoms with van der Waals surface area (Å²) in [5.74, 6) is 0.562. The molecule has 0 N–H and O–H groups in total. The first-order valence-electron chi connectivity index (χ1n) is 16.8. The largest absolute Gasteiger partial charge is 0.0870 e. The maximum atomic E-state index is 2.50. The van der Waals surface area contributed by atoms with Crippen LogP contribution in [-0.2, 0) is 6.42 Å². The zero-order valence-electron chi connectivity index (χ0n) is 25.8. The molecule has 0 bridgehead atoms. The molecule has 1 heterocycles. The molecule has 1 aliphatic heterocycles. The molecule has 0 aromatic heterocycles. The van der Waals surface area contributed by atoms with Crippen molar-refractivity contribution in [3.8, 4) is 11.1 Å². The summed E-state index contributed by atoms with van der Waals surface area (Å²) in [6, 6.07) is 39.6. The van der Waals surface area contributed by atoms with Gasteiger partial charge in [-0.25, -0.2) is 0 Å². The molecule has 0 fully saturated rings. The molecule has 6 aromatic carbocycles. The van der Waals surface area contributed by atoms with Crippen molar-refractivity contribution < 1.29 is 0 Å². The first kappa shape index (κ1) is 26.6. The Labute approximate surface area is 275 Å². The smallest absolute Gasteiger partial charge is 0.0359 e.